The molecule has 2 fully saturated rings. The maximum atomic E-state index is 10.5. The molecule has 1 aliphatic heterocycles. The monoisotopic (exact) mass is 256 g/mol. The van der Waals surface area contributed by atoms with Crippen LogP contribution in [-0.4, -0.2) is 17.5 Å². The Labute approximate surface area is 111 Å². The van der Waals surface area contributed by atoms with E-state index in [0.717, 1.165) is 12.8 Å². The fraction of sp³-hybridized carbons (Fsp3) is 0.692. The van der Waals surface area contributed by atoms with Crippen molar-refractivity contribution < 1.29 is 9.84 Å². The lowest BCUT2D eigenvalue weighted by Gasteiger charge is -2.52. The van der Waals surface area contributed by atoms with Gasteiger partial charge in [-0.3, -0.25) is 0 Å². The number of hydrogen-bond acceptors (Lipinski definition) is 6. The first kappa shape index (κ1) is 13.3. The molecule has 6 nitrogen and oxygen atoms in total. The molecular weight excluding hydrogens is 244 g/mol. The zero-order chi connectivity index (χ0) is 14.1. The smallest absolute Gasteiger partial charge is 0.198 e. The number of rotatable bonds is 0. The van der Waals surface area contributed by atoms with Crippen LogP contribution in [0.4, 0.5) is 0 Å². The second-order valence-electron chi connectivity index (χ2n) is 5.09. The molecule has 1 saturated carbocycles. The van der Waals surface area contributed by atoms with Gasteiger partial charge >= 0.3 is 0 Å². The van der Waals surface area contributed by atoms with Crippen molar-refractivity contribution in [3.63, 3.8) is 0 Å². The van der Waals surface area contributed by atoms with Gasteiger partial charge in [0.2, 0.25) is 0 Å². The summed E-state index contributed by atoms with van der Waals surface area (Å²) in [5.74, 6) is -2.42. The van der Waals surface area contributed by atoms with Crippen molar-refractivity contribution in [2.24, 2.45) is 16.7 Å². The molecular formula is C13H12N4O2. The summed E-state index contributed by atoms with van der Waals surface area (Å²) in [6.07, 6.45) is 2.17. The molecule has 1 aliphatic carbocycles. The van der Waals surface area contributed by atoms with Gasteiger partial charge in [-0.15, -0.1) is 0 Å². The molecule has 0 aromatic rings. The molecule has 2 rings (SSSR count). The number of hydrogen-bond donors (Lipinski definition) is 1. The third kappa shape index (κ3) is 1.45. The Balaban J connectivity index is 2.64. The van der Waals surface area contributed by atoms with Crippen LogP contribution >= 0.6 is 0 Å². The van der Waals surface area contributed by atoms with Gasteiger partial charge in [-0.05, 0) is 12.8 Å². The highest BCUT2D eigenvalue weighted by Gasteiger charge is 2.69. The van der Waals surface area contributed by atoms with Gasteiger partial charge in [0, 0.05) is 12.3 Å². The average Bonchev–Trinajstić information content (AvgIpc) is 2.45. The van der Waals surface area contributed by atoms with Crippen LogP contribution in [0, 0.1) is 62.1 Å². The van der Waals surface area contributed by atoms with E-state index in [1.807, 2.05) is 12.1 Å². The highest BCUT2D eigenvalue weighted by atomic mass is 16.6. The van der Waals surface area contributed by atoms with Gasteiger partial charge in [-0.1, -0.05) is 6.42 Å². The number of ether oxygens (including phenoxy) is 1. The van der Waals surface area contributed by atoms with E-state index >= 15 is 0 Å². The average molecular weight is 256 g/mol. The number of nitriles is 4. The molecule has 2 atom stereocenters. The highest BCUT2D eigenvalue weighted by molar-refractivity contribution is 5.38. The van der Waals surface area contributed by atoms with Gasteiger partial charge in [0.1, 0.15) is 0 Å². The van der Waals surface area contributed by atoms with Crippen molar-refractivity contribution in [2.45, 2.75) is 31.5 Å². The van der Waals surface area contributed by atoms with Crippen LogP contribution in [0.3, 0.4) is 0 Å². The maximum absolute atomic E-state index is 10.5. The Morgan fingerprint density at radius 1 is 1.00 bits per heavy atom. The summed E-state index contributed by atoms with van der Waals surface area (Å²) in [6, 6.07) is 7.21. The first-order valence-corrected chi connectivity index (χ1v) is 6.05. The highest BCUT2D eigenvalue weighted by Crippen LogP contribution is 2.57. The quantitative estimate of drug-likeness (QED) is 0.688. The molecule has 6 heteroatoms. The van der Waals surface area contributed by atoms with Crippen LogP contribution in [0.1, 0.15) is 25.7 Å². The predicted molar refractivity (Wildman–Crippen MR) is 60.2 cm³/mol. The zero-order valence-corrected chi connectivity index (χ0v) is 10.3. The van der Waals surface area contributed by atoms with Crippen molar-refractivity contribution in [3.8, 4) is 24.3 Å². The fourth-order valence-electron chi connectivity index (χ4n) is 3.14. The molecule has 0 bridgehead atoms. The summed E-state index contributed by atoms with van der Waals surface area (Å²) in [4.78, 5) is 0. The number of nitrogens with zero attached hydrogens (tertiary/aromatic N) is 4. The lowest BCUT2D eigenvalue weighted by Crippen LogP contribution is -2.63. The van der Waals surface area contributed by atoms with Crippen LogP contribution in [-0.2, 0) is 4.74 Å². The first-order chi connectivity index (χ1) is 9.04. The van der Waals surface area contributed by atoms with Crippen molar-refractivity contribution in [3.05, 3.63) is 0 Å². The third-order valence-corrected chi connectivity index (χ3v) is 4.29. The van der Waals surface area contributed by atoms with E-state index in [2.05, 4.69) is 0 Å². The minimum atomic E-state index is -1.86. The minimum Gasteiger partial charge on any atom is -0.365 e. The Morgan fingerprint density at radius 2 is 1.63 bits per heavy atom. The summed E-state index contributed by atoms with van der Waals surface area (Å²) >= 11 is 0. The van der Waals surface area contributed by atoms with Crippen molar-refractivity contribution in [1.29, 1.82) is 21.0 Å². The number of aliphatic hydroxyl groups is 1. The van der Waals surface area contributed by atoms with Crippen LogP contribution < -0.4 is 0 Å². The Hall–Kier alpha value is -2.12. The zero-order valence-electron chi connectivity index (χ0n) is 10.3. The van der Waals surface area contributed by atoms with Crippen LogP contribution in [0.15, 0.2) is 0 Å². The van der Waals surface area contributed by atoms with Gasteiger partial charge < -0.3 is 9.84 Å². The molecule has 2 unspecified atom stereocenters. The lowest BCUT2D eigenvalue weighted by molar-refractivity contribution is -0.306. The first-order valence-electron chi connectivity index (χ1n) is 6.05. The summed E-state index contributed by atoms with van der Waals surface area (Å²) in [5.41, 5.74) is -3.71. The van der Waals surface area contributed by atoms with Crippen LogP contribution in [0.25, 0.3) is 0 Å². The van der Waals surface area contributed by atoms with Crippen molar-refractivity contribution in [2.75, 3.05) is 6.61 Å². The maximum Gasteiger partial charge on any atom is 0.198 e. The van der Waals surface area contributed by atoms with Gasteiger partial charge in [0.25, 0.3) is 0 Å². The number of fused-ring (bicyclic) bond motifs is 1. The summed E-state index contributed by atoms with van der Waals surface area (Å²) in [5, 5.41) is 47.9. The summed E-state index contributed by atoms with van der Waals surface area (Å²) in [7, 11) is 0. The molecule has 2 aliphatic rings. The standard InChI is InChI=1S/C13H12N4O2/c14-5-11(6-15)9-19-13(18)4-2-1-3-10(13)12(11,7-16)8-17/h10,18H,1-4,9H2. The Bertz CT molecular complexity index is 531. The van der Waals surface area contributed by atoms with Gasteiger partial charge in [-0.25, -0.2) is 0 Å². The predicted octanol–water partition coefficient (Wildman–Crippen LogP) is 0.963. The Kier molecular flexibility index (Phi) is 2.95. The largest absolute Gasteiger partial charge is 0.365 e. The molecule has 1 N–H and O–H groups in total. The molecule has 0 spiro atoms. The molecule has 19 heavy (non-hydrogen) atoms. The SMILES string of the molecule is N#CC1(C#N)COC2(O)CCCCC2C1(C#N)C#N. The van der Waals surface area contributed by atoms with E-state index < -0.39 is 29.1 Å². The molecule has 96 valence electrons. The fourth-order valence-corrected chi connectivity index (χ4v) is 3.14. The molecule has 0 aromatic heterocycles. The topological polar surface area (TPSA) is 125 Å². The van der Waals surface area contributed by atoms with Crippen LogP contribution in [0.5, 0.6) is 0 Å². The molecule has 0 aromatic carbocycles. The second-order valence-corrected chi connectivity index (χ2v) is 5.09. The van der Waals surface area contributed by atoms with E-state index in [9.17, 15) is 26.2 Å². The minimum absolute atomic E-state index is 0.315. The van der Waals surface area contributed by atoms with Crippen LogP contribution in [0.2, 0.25) is 0 Å². The molecule has 1 heterocycles. The van der Waals surface area contributed by atoms with E-state index in [1.165, 1.54) is 0 Å². The third-order valence-electron chi connectivity index (χ3n) is 4.29. The summed E-state index contributed by atoms with van der Waals surface area (Å²) < 4.78 is 5.33. The van der Waals surface area contributed by atoms with E-state index in [-0.39, 0.29) is 0 Å². The second kappa shape index (κ2) is 4.22. The Morgan fingerprint density at radius 3 is 2.16 bits per heavy atom. The summed E-state index contributed by atoms with van der Waals surface area (Å²) in [6.45, 7) is -0.423. The normalized spacial score (nSPS) is 34.7. The molecule has 1 saturated heterocycles. The van der Waals surface area contributed by atoms with Crippen molar-refractivity contribution >= 4 is 0 Å². The van der Waals surface area contributed by atoms with Gasteiger partial charge in [0.15, 0.2) is 16.6 Å². The van der Waals surface area contributed by atoms with E-state index in [4.69, 9.17) is 4.74 Å². The van der Waals surface area contributed by atoms with Crippen molar-refractivity contribution in [1.82, 2.24) is 0 Å². The van der Waals surface area contributed by atoms with E-state index in [0.29, 0.717) is 12.8 Å². The van der Waals surface area contributed by atoms with Gasteiger partial charge in [-0.2, -0.15) is 21.0 Å². The van der Waals surface area contributed by atoms with Gasteiger partial charge in [0.05, 0.1) is 30.9 Å². The molecule has 0 amide bonds. The van der Waals surface area contributed by atoms with E-state index in [1.54, 1.807) is 12.1 Å². The molecule has 0 radical (unpaired) electrons. The lowest BCUT2D eigenvalue weighted by atomic mass is 9.53.